The highest BCUT2D eigenvalue weighted by Crippen LogP contribution is 2.40. The van der Waals surface area contributed by atoms with Crippen LogP contribution in [0.25, 0.3) is 0 Å². The molecule has 3 rings (SSSR count). The average molecular weight is 447 g/mol. The summed E-state index contributed by atoms with van der Waals surface area (Å²) < 4.78 is 23.3. The van der Waals surface area contributed by atoms with Crippen molar-refractivity contribution in [3.8, 4) is 17.2 Å². The molecule has 0 bridgehead atoms. The van der Waals surface area contributed by atoms with Gasteiger partial charge < -0.3 is 24.7 Å². The van der Waals surface area contributed by atoms with Crippen molar-refractivity contribution in [2.45, 2.75) is 20.4 Å². The SMILES string of the molecule is COc1cc(C(=O)OCC(=O)c2c(N)n(CC(C)C)c(=O)n(C)c2=O)cc2c1OCCO2. The first-order valence-electron chi connectivity index (χ1n) is 9.93. The highest BCUT2D eigenvalue weighted by molar-refractivity contribution is 6.02. The molecule has 0 saturated carbocycles. The minimum atomic E-state index is -0.852. The van der Waals surface area contributed by atoms with Gasteiger partial charge in [0.15, 0.2) is 18.1 Å². The first kappa shape index (κ1) is 22.9. The molecule has 11 nitrogen and oxygen atoms in total. The van der Waals surface area contributed by atoms with E-state index in [0.29, 0.717) is 24.7 Å². The summed E-state index contributed by atoms with van der Waals surface area (Å²) in [6.45, 7) is 3.85. The van der Waals surface area contributed by atoms with E-state index in [4.69, 9.17) is 24.7 Å². The van der Waals surface area contributed by atoms with Crippen molar-refractivity contribution in [2.75, 3.05) is 32.7 Å². The van der Waals surface area contributed by atoms with Gasteiger partial charge in [-0.15, -0.1) is 0 Å². The molecule has 11 heteroatoms. The first-order chi connectivity index (χ1) is 15.1. The fraction of sp³-hybridized carbons (Fsp3) is 0.429. The van der Waals surface area contributed by atoms with Crippen LogP contribution in [0.1, 0.15) is 34.6 Å². The van der Waals surface area contributed by atoms with Crippen LogP contribution in [0.4, 0.5) is 5.82 Å². The van der Waals surface area contributed by atoms with E-state index in [9.17, 15) is 19.2 Å². The number of benzene rings is 1. The van der Waals surface area contributed by atoms with E-state index in [-0.39, 0.29) is 29.6 Å². The number of esters is 1. The number of nitrogens with two attached hydrogens (primary N) is 1. The summed E-state index contributed by atoms with van der Waals surface area (Å²) >= 11 is 0. The molecule has 0 radical (unpaired) electrons. The van der Waals surface area contributed by atoms with E-state index in [0.717, 1.165) is 9.13 Å². The Kier molecular flexibility index (Phi) is 6.56. The van der Waals surface area contributed by atoms with Crippen molar-refractivity contribution in [1.29, 1.82) is 0 Å². The Morgan fingerprint density at radius 3 is 2.53 bits per heavy atom. The van der Waals surface area contributed by atoms with Gasteiger partial charge in [0.2, 0.25) is 11.5 Å². The summed E-state index contributed by atoms with van der Waals surface area (Å²) in [5.41, 5.74) is 4.17. The average Bonchev–Trinajstić information content (AvgIpc) is 2.78. The fourth-order valence-corrected chi connectivity index (χ4v) is 3.26. The van der Waals surface area contributed by atoms with Gasteiger partial charge in [-0.25, -0.2) is 9.59 Å². The topological polar surface area (TPSA) is 141 Å². The number of aromatic nitrogens is 2. The number of carbonyl (C=O) groups excluding carboxylic acids is 2. The van der Waals surface area contributed by atoms with E-state index in [2.05, 4.69) is 0 Å². The van der Waals surface area contributed by atoms with Crippen molar-refractivity contribution >= 4 is 17.6 Å². The molecule has 32 heavy (non-hydrogen) atoms. The van der Waals surface area contributed by atoms with Gasteiger partial charge in [0.25, 0.3) is 5.56 Å². The Balaban J connectivity index is 1.85. The van der Waals surface area contributed by atoms with Gasteiger partial charge in [0.1, 0.15) is 24.6 Å². The summed E-state index contributed by atoms with van der Waals surface area (Å²) in [4.78, 5) is 50.1. The molecule has 0 saturated heterocycles. The van der Waals surface area contributed by atoms with Gasteiger partial charge in [0.05, 0.1) is 12.7 Å². The molecule has 2 heterocycles. The van der Waals surface area contributed by atoms with Crippen LogP contribution >= 0.6 is 0 Å². The van der Waals surface area contributed by atoms with Gasteiger partial charge in [-0.1, -0.05) is 13.8 Å². The lowest BCUT2D eigenvalue weighted by Gasteiger charge is -2.21. The van der Waals surface area contributed by atoms with Gasteiger partial charge in [-0.3, -0.25) is 18.7 Å². The lowest BCUT2D eigenvalue weighted by Crippen LogP contribution is -2.43. The van der Waals surface area contributed by atoms with E-state index in [1.54, 1.807) is 0 Å². The van der Waals surface area contributed by atoms with Crippen LogP contribution < -0.4 is 31.2 Å². The van der Waals surface area contributed by atoms with Crippen LogP contribution in [0.3, 0.4) is 0 Å². The molecule has 0 amide bonds. The molecule has 2 aromatic rings. The quantitative estimate of drug-likeness (QED) is 0.477. The van der Waals surface area contributed by atoms with Crippen LogP contribution in [0.5, 0.6) is 17.2 Å². The van der Waals surface area contributed by atoms with Crippen molar-refractivity contribution in [1.82, 2.24) is 9.13 Å². The van der Waals surface area contributed by atoms with Gasteiger partial charge in [-0.2, -0.15) is 0 Å². The Bertz CT molecular complexity index is 1160. The second-order valence-electron chi connectivity index (χ2n) is 7.61. The normalized spacial score (nSPS) is 12.5. The zero-order valence-corrected chi connectivity index (χ0v) is 18.3. The zero-order valence-electron chi connectivity index (χ0n) is 18.3. The largest absolute Gasteiger partial charge is 0.493 e. The molecule has 1 aromatic carbocycles. The Morgan fingerprint density at radius 2 is 1.88 bits per heavy atom. The highest BCUT2D eigenvalue weighted by atomic mass is 16.6. The number of fused-ring (bicyclic) bond motifs is 1. The third-order valence-corrected chi connectivity index (χ3v) is 4.81. The monoisotopic (exact) mass is 447 g/mol. The maximum Gasteiger partial charge on any atom is 0.338 e. The smallest absolute Gasteiger partial charge is 0.338 e. The number of anilines is 1. The number of nitrogen functional groups attached to an aromatic ring is 1. The van der Waals surface area contributed by atoms with Gasteiger partial charge >= 0.3 is 11.7 Å². The molecule has 0 spiro atoms. The summed E-state index contributed by atoms with van der Waals surface area (Å²) in [6.07, 6.45) is 0. The molecule has 172 valence electrons. The molecular formula is C21H25N3O8. The second kappa shape index (κ2) is 9.16. The zero-order chi connectivity index (χ0) is 23.6. The number of hydrogen-bond donors (Lipinski definition) is 1. The van der Waals surface area contributed by atoms with Crippen LogP contribution in [0.15, 0.2) is 21.7 Å². The van der Waals surface area contributed by atoms with Crippen molar-refractivity contribution in [2.24, 2.45) is 13.0 Å². The Morgan fingerprint density at radius 1 is 1.19 bits per heavy atom. The molecular weight excluding hydrogens is 422 g/mol. The highest BCUT2D eigenvalue weighted by Gasteiger charge is 2.25. The molecule has 0 unspecified atom stereocenters. The Labute approximate surface area is 183 Å². The number of nitrogens with zero attached hydrogens (tertiary/aromatic N) is 2. The molecule has 1 aliphatic heterocycles. The standard InChI is InChI=1S/C21H25N3O8/c1-11(2)9-24-18(22)16(19(26)23(3)21(24)28)13(25)10-32-20(27)12-7-14(29-4)17-15(8-12)30-5-6-31-17/h7-8,11H,5-6,9-10,22H2,1-4H3. The van der Waals surface area contributed by atoms with E-state index < -0.39 is 35.2 Å². The number of rotatable bonds is 7. The molecule has 0 fully saturated rings. The van der Waals surface area contributed by atoms with Crippen LogP contribution in [0.2, 0.25) is 0 Å². The number of methoxy groups -OCH3 is 1. The van der Waals surface area contributed by atoms with E-state index >= 15 is 0 Å². The third-order valence-electron chi connectivity index (χ3n) is 4.81. The predicted octanol–water partition coefficient (Wildman–Crippen LogP) is 0.605. The minimum Gasteiger partial charge on any atom is -0.493 e. The molecule has 0 atom stereocenters. The number of ketones is 1. The Hall–Kier alpha value is -3.76. The van der Waals surface area contributed by atoms with Crippen LogP contribution in [-0.4, -0.2) is 47.8 Å². The van der Waals surface area contributed by atoms with Crippen molar-refractivity contribution in [3.63, 3.8) is 0 Å². The third kappa shape index (κ3) is 4.32. The number of ether oxygens (including phenoxy) is 4. The number of Topliss-reactive ketones (excluding diaryl/α,β-unsaturated/α-hetero) is 1. The van der Waals surface area contributed by atoms with E-state index in [1.165, 1.54) is 26.3 Å². The van der Waals surface area contributed by atoms with E-state index in [1.807, 2.05) is 13.8 Å². The fourth-order valence-electron chi connectivity index (χ4n) is 3.26. The molecule has 0 aliphatic carbocycles. The number of hydrogen-bond acceptors (Lipinski definition) is 9. The van der Waals surface area contributed by atoms with Gasteiger partial charge in [-0.05, 0) is 18.1 Å². The first-order valence-corrected chi connectivity index (χ1v) is 9.93. The number of carbonyl (C=O) groups is 2. The predicted molar refractivity (Wildman–Crippen MR) is 114 cm³/mol. The van der Waals surface area contributed by atoms with Crippen LogP contribution in [-0.2, 0) is 18.3 Å². The van der Waals surface area contributed by atoms with Crippen LogP contribution in [0, 0.1) is 5.92 Å². The summed E-state index contributed by atoms with van der Waals surface area (Å²) in [6, 6.07) is 2.82. The second-order valence-corrected chi connectivity index (χ2v) is 7.61. The lowest BCUT2D eigenvalue weighted by atomic mass is 10.1. The maximum atomic E-state index is 12.7. The molecule has 1 aliphatic rings. The summed E-state index contributed by atoms with van der Waals surface area (Å²) in [7, 11) is 2.67. The summed E-state index contributed by atoms with van der Waals surface area (Å²) in [5, 5.41) is 0. The molecule has 1 aromatic heterocycles. The lowest BCUT2D eigenvalue weighted by molar-refractivity contribution is 0.0473. The molecule has 2 N–H and O–H groups in total. The van der Waals surface area contributed by atoms with Crippen molar-refractivity contribution < 1.29 is 28.5 Å². The minimum absolute atomic E-state index is 0.0402. The van der Waals surface area contributed by atoms with Crippen molar-refractivity contribution in [3.05, 3.63) is 44.1 Å². The summed E-state index contributed by atoms with van der Waals surface area (Å²) in [5.74, 6) is -0.910. The van der Waals surface area contributed by atoms with Gasteiger partial charge in [0, 0.05) is 13.6 Å². The maximum absolute atomic E-state index is 12.7.